The molecular weight excluding hydrogens is 242 g/mol. The first-order chi connectivity index (χ1) is 7.70. The lowest BCUT2D eigenvalue weighted by molar-refractivity contribution is 0.795. The van der Waals surface area contributed by atoms with Crippen LogP contribution in [0.5, 0.6) is 0 Å². The largest absolute Gasteiger partial charge is 0.313 e. The Kier molecular flexibility index (Phi) is 3.53. The van der Waals surface area contributed by atoms with Crippen LogP contribution in [-0.2, 0) is 6.54 Å². The van der Waals surface area contributed by atoms with Gasteiger partial charge in [0.15, 0.2) is 0 Å². The lowest BCUT2D eigenvalue weighted by atomic mass is 10.1. The minimum atomic E-state index is 0.751. The highest BCUT2D eigenvalue weighted by Gasteiger charge is 2.08. The van der Waals surface area contributed by atoms with E-state index in [1.54, 1.807) is 11.3 Å². The van der Waals surface area contributed by atoms with Crippen LogP contribution < -0.4 is 5.32 Å². The van der Waals surface area contributed by atoms with Crippen molar-refractivity contribution < 1.29 is 0 Å². The van der Waals surface area contributed by atoms with Crippen molar-refractivity contribution in [1.29, 1.82) is 0 Å². The van der Waals surface area contributed by atoms with Gasteiger partial charge in [-0.15, -0.1) is 10.2 Å². The molecule has 0 atom stereocenters. The van der Waals surface area contributed by atoms with Gasteiger partial charge in [0.2, 0.25) is 0 Å². The predicted octanol–water partition coefficient (Wildman–Crippen LogP) is 2.89. The molecule has 16 heavy (non-hydrogen) atoms. The van der Waals surface area contributed by atoms with Crippen molar-refractivity contribution >= 4 is 22.9 Å². The molecule has 0 spiro atoms. The Morgan fingerprint density at radius 2 is 2.19 bits per heavy atom. The van der Waals surface area contributed by atoms with Gasteiger partial charge in [0, 0.05) is 17.1 Å². The summed E-state index contributed by atoms with van der Waals surface area (Å²) in [7, 11) is 1.90. The van der Waals surface area contributed by atoms with Gasteiger partial charge in [0.1, 0.15) is 10.0 Å². The highest BCUT2D eigenvalue weighted by molar-refractivity contribution is 7.14. The van der Waals surface area contributed by atoms with Gasteiger partial charge in [0.05, 0.1) is 0 Å². The van der Waals surface area contributed by atoms with Gasteiger partial charge in [-0.25, -0.2) is 0 Å². The highest BCUT2D eigenvalue weighted by atomic mass is 35.5. The zero-order chi connectivity index (χ0) is 11.5. The fourth-order valence-corrected chi connectivity index (χ4v) is 2.62. The number of aryl methyl sites for hydroxylation is 1. The third-order valence-corrected chi connectivity index (χ3v) is 3.41. The molecule has 0 saturated carbocycles. The number of aromatic nitrogens is 2. The minimum absolute atomic E-state index is 0.751. The second kappa shape index (κ2) is 4.91. The molecule has 0 fully saturated rings. The van der Waals surface area contributed by atoms with Crippen molar-refractivity contribution in [2.24, 2.45) is 0 Å². The van der Waals surface area contributed by atoms with E-state index in [-0.39, 0.29) is 0 Å². The summed E-state index contributed by atoms with van der Waals surface area (Å²) in [6.45, 7) is 2.78. The van der Waals surface area contributed by atoms with E-state index in [4.69, 9.17) is 11.6 Å². The molecule has 84 valence electrons. The number of hydrogen-bond acceptors (Lipinski definition) is 4. The van der Waals surface area contributed by atoms with E-state index >= 15 is 0 Å². The normalized spacial score (nSPS) is 10.7. The van der Waals surface area contributed by atoms with Crippen molar-refractivity contribution in [3.63, 3.8) is 0 Å². The molecule has 0 saturated heterocycles. The van der Waals surface area contributed by atoms with Crippen LogP contribution in [0.4, 0.5) is 0 Å². The van der Waals surface area contributed by atoms with E-state index in [1.165, 1.54) is 0 Å². The summed E-state index contributed by atoms with van der Waals surface area (Å²) in [5.41, 5.74) is 2.23. The molecule has 1 N–H and O–H groups in total. The summed E-state index contributed by atoms with van der Waals surface area (Å²) >= 11 is 7.52. The maximum atomic E-state index is 5.92. The number of nitrogens with zero attached hydrogens (tertiary/aromatic N) is 2. The minimum Gasteiger partial charge on any atom is -0.313 e. The van der Waals surface area contributed by atoms with Gasteiger partial charge in [-0.1, -0.05) is 29.0 Å². The van der Waals surface area contributed by atoms with Gasteiger partial charge in [-0.2, -0.15) is 0 Å². The van der Waals surface area contributed by atoms with Crippen LogP contribution in [0.3, 0.4) is 0 Å². The zero-order valence-electron chi connectivity index (χ0n) is 9.12. The zero-order valence-corrected chi connectivity index (χ0v) is 10.7. The van der Waals surface area contributed by atoms with Crippen LogP contribution in [0.2, 0.25) is 5.02 Å². The van der Waals surface area contributed by atoms with E-state index in [9.17, 15) is 0 Å². The van der Waals surface area contributed by atoms with Crippen LogP contribution in [0, 0.1) is 6.92 Å². The molecule has 5 heteroatoms. The number of rotatable bonds is 3. The molecule has 1 aromatic carbocycles. The second-order valence-corrected chi connectivity index (χ2v) is 4.99. The number of halogens is 1. The Hall–Kier alpha value is -0.970. The number of benzene rings is 1. The quantitative estimate of drug-likeness (QED) is 0.914. The van der Waals surface area contributed by atoms with Gasteiger partial charge in [0.25, 0.3) is 0 Å². The Morgan fingerprint density at radius 1 is 1.38 bits per heavy atom. The molecule has 2 aromatic rings. The maximum absolute atomic E-state index is 5.92. The molecule has 2 rings (SSSR count). The van der Waals surface area contributed by atoms with Crippen molar-refractivity contribution in [2.75, 3.05) is 7.05 Å². The van der Waals surface area contributed by atoms with Crippen LogP contribution in [-0.4, -0.2) is 17.2 Å². The van der Waals surface area contributed by atoms with Gasteiger partial charge in [-0.3, -0.25) is 0 Å². The van der Waals surface area contributed by atoms with Crippen molar-refractivity contribution in [3.05, 3.63) is 33.8 Å². The Labute approximate surface area is 103 Å². The predicted molar refractivity (Wildman–Crippen MR) is 67.9 cm³/mol. The first kappa shape index (κ1) is 11.5. The van der Waals surface area contributed by atoms with Crippen LogP contribution >= 0.6 is 22.9 Å². The molecule has 0 aliphatic carbocycles. The summed E-state index contributed by atoms with van der Waals surface area (Å²) < 4.78 is 0. The van der Waals surface area contributed by atoms with E-state index in [0.717, 1.165) is 32.7 Å². The Bertz CT molecular complexity index is 496. The Balaban J connectivity index is 2.35. The van der Waals surface area contributed by atoms with E-state index in [1.807, 2.05) is 32.2 Å². The topological polar surface area (TPSA) is 37.8 Å². The molecule has 0 unspecified atom stereocenters. The first-order valence-corrected chi connectivity index (χ1v) is 6.13. The third-order valence-electron chi connectivity index (χ3n) is 2.21. The van der Waals surface area contributed by atoms with E-state index in [0.29, 0.717) is 0 Å². The molecule has 0 aliphatic rings. The molecule has 1 heterocycles. The molecule has 0 amide bonds. The third kappa shape index (κ3) is 2.40. The standard InChI is InChI=1S/C11H12ClN3S/c1-7-5-8(12)3-4-9(7)11-15-14-10(16-11)6-13-2/h3-5,13H,6H2,1-2H3. The fraction of sp³-hybridized carbons (Fsp3) is 0.273. The molecular formula is C11H12ClN3S. The van der Waals surface area contributed by atoms with Crippen molar-refractivity contribution in [1.82, 2.24) is 15.5 Å². The number of nitrogens with one attached hydrogen (secondary N) is 1. The lowest BCUT2D eigenvalue weighted by Gasteiger charge is -2.01. The summed E-state index contributed by atoms with van der Waals surface area (Å²) in [6, 6.07) is 5.81. The molecule has 1 aromatic heterocycles. The first-order valence-electron chi connectivity index (χ1n) is 4.94. The molecule has 0 radical (unpaired) electrons. The van der Waals surface area contributed by atoms with Gasteiger partial charge < -0.3 is 5.32 Å². The van der Waals surface area contributed by atoms with Gasteiger partial charge in [-0.05, 0) is 31.7 Å². The van der Waals surface area contributed by atoms with Crippen molar-refractivity contribution in [3.8, 4) is 10.6 Å². The smallest absolute Gasteiger partial charge is 0.148 e. The monoisotopic (exact) mass is 253 g/mol. The fourth-order valence-electron chi connectivity index (χ4n) is 1.45. The summed E-state index contributed by atoms with van der Waals surface area (Å²) in [6.07, 6.45) is 0. The molecule has 0 aliphatic heterocycles. The molecule has 3 nitrogen and oxygen atoms in total. The summed E-state index contributed by atoms with van der Waals surface area (Å²) in [4.78, 5) is 0. The average Bonchev–Trinajstić information content (AvgIpc) is 2.67. The maximum Gasteiger partial charge on any atom is 0.148 e. The van der Waals surface area contributed by atoms with Crippen LogP contribution in [0.1, 0.15) is 10.6 Å². The van der Waals surface area contributed by atoms with Gasteiger partial charge >= 0.3 is 0 Å². The average molecular weight is 254 g/mol. The second-order valence-electron chi connectivity index (χ2n) is 3.49. The molecule has 0 bridgehead atoms. The SMILES string of the molecule is CNCc1nnc(-c2ccc(Cl)cc2C)s1. The summed E-state index contributed by atoms with van der Waals surface area (Å²) in [5, 5.41) is 14.0. The van der Waals surface area contributed by atoms with E-state index < -0.39 is 0 Å². The van der Waals surface area contributed by atoms with E-state index in [2.05, 4.69) is 15.5 Å². The highest BCUT2D eigenvalue weighted by Crippen LogP contribution is 2.28. The van der Waals surface area contributed by atoms with Crippen molar-refractivity contribution in [2.45, 2.75) is 13.5 Å². The van der Waals surface area contributed by atoms with Crippen LogP contribution in [0.15, 0.2) is 18.2 Å². The number of hydrogen-bond donors (Lipinski definition) is 1. The van der Waals surface area contributed by atoms with Crippen LogP contribution in [0.25, 0.3) is 10.6 Å². The Morgan fingerprint density at radius 3 is 2.88 bits per heavy atom. The summed E-state index contributed by atoms with van der Waals surface area (Å²) in [5.74, 6) is 0. The lowest BCUT2D eigenvalue weighted by Crippen LogP contribution is -2.04.